The van der Waals surface area contributed by atoms with Crippen molar-refractivity contribution in [1.82, 2.24) is 15.1 Å². The van der Waals surface area contributed by atoms with Gasteiger partial charge in [-0.2, -0.15) is 0 Å². The number of piperazine rings is 1. The van der Waals surface area contributed by atoms with Crippen molar-refractivity contribution in [2.45, 2.75) is 32.9 Å². The van der Waals surface area contributed by atoms with Crippen LogP contribution in [0.15, 0.2) is 30.3 Å². The van der Waals surface area contributed by atoms with E-state index in [0.717, 1.165) is 6.54 Å². The van der Waals surface area contributed by atoms with Gasteiger partial charge in [0.05, 0.1) is 0 Å². The van der Waals surface area contributed by atoms with Crippen LogP contribution in [0.2, 0.25) is 0 Å². The van der Waals surface area contributed by atoms with Gasteiger partial charge >= 0.3 is 0 Å². The van der Waals surface area contributed by atoms with Crippen LogP contribution in [0.4, 0.5) is 0 Å². The second-order valence-electron chi connectivity index (χ2n) is 7.19. The van der Waals surface area contributed by atoms with E-state index in [9.17, 15) is 0 Å². The normalized spacial score (nSPS) is 23.2. The molecule has 1 N–H and O–H groups in total. The summed E-state index contributed by atoms with van der Waals surface area (Å²) in [6.07, 6.45) is 0. The lowest BCUT2D eigenvalue weighted by Crippen LogP contribution is -2.53. The van der Waals surface area contributed by atoms with E-state index in [-0.39, 0.29) is 5.41 Å². The van der Waals surface area contributed by atoms with E-state index < -0.39 is 0 Å². The lowest BCUT2D eigenvalue weighted by atomic mass is 9.79. The topological polar surface area (TPSA) is 18.5 Å². The minimum absolute atomic E-state index is 0.200. The van der Waals surface area contributed by atoms with Crippen LogP contribution in [-0.2, 0) is 0 Å². The number of nitrogens with one attached hydrogen (secondary N) is 1. The van der Waals surface area contributed by atoms with Gasteiger partial charge < -0.3 is 10.2 Å². The van der Waals surface area contributed by atoms with E-state index in [1.165, 1.54) is 25.2 Å². The first-order chi connectivity index (χ1) is 9.94. The van der Waals surface area contributed by atoms with Gasteiger partial charge in [0.25, 0.3) is 0 Å². The van der Waals surface area contributed by atoms with E-state index in [2.05, 4.69) is 80.3 Å². The van der Waals surface area contributed by atoms with Gasteiger partial charge in [-0.15, -0.1) is 0 Å². The second-order valence-corrected chi connectivity index (χ2v) is 7.19. The summed E-state index contributed by atoms with van der Waals surface area (Å²) in [5, 5.41) is 3.53. The molecular formula is C18H31N3. The summed E-state index contributed by atoms with van der Waals surface area (Å²) in [6, 6.07) is 11.9. The van der Waals surface area contributed by atoms with E-state index in [4.69, 9.17) is 0 Å². The van der Waals surface area contributed by atoms with Crippen LogP contribution in [-0.4, -0.2) is 56.1 Å². The van der Waals surface area contributed by atoms with Gasteiger partial charge in [0.15, 0.2) is 0 Å². The first kappa shape index (κ1) is 16.5. The van der Waals surface area contributed by atoms with Gasteiger partial charge in [-0.1, -0.05) is 44.2 Å². The van der Waals surface area contributed by atoms with Crippen LogP contribution >= 0.6 is 0 Å². The smallest absolute Gasteiger partial charge is 0.0381 e. The Morgan fingerprint density at radius 2 is 1.90 bits per heavy atom. The van der Waals surface area contributed by atoms with Crippen molar-refractivity contribution in [2.24, 2.45) is 5.41 Å². The van der Waals surface area contributed by atoms with Gasteiger partial charge in [0.1, 0.15) is 0 Å². The van der Waals surface area contributed by atoms with Crippen LogP contribution in [0.1, 0.15) is 32.4 Å². The molecule has 1 saturated heterocycles. The van der Waals surface area contributed by atoms with Crippen molar-refractivity contribution in [3.05, 3.63) is 35.9 Å². The van der Waals surface area contributed by atoms with E-state index in [0.29, 0.717) is 12.1 Å². The number of nitrogens with zero attached hydrogens (tertiary/aromatic N) is 2. The molecule has 1 aliphatic rings. The van der Waals surface area contributed by atoms with Crippen molar-refractivity contribution in [1.29, 1.82) is 0 Å². The molecular weight excluding hydrogens is 258 g/mol. The highest BCUT2D eigenvalue weighted by molar-refractivity contribution is 5.21. The lowest BCUT2D eigenvalue weighted by molar-refractivity contribution is 0.0624. The summed E-state index contributed by atoms with van der Waals surface area (Å²) < 4.78 is 0. The maximum absolute atomic E-state index is 3.53. The summed E-state index contributed by atoms with van der Waals surface area (Å²) in [5.74, 6) is 0. The molecule has 1 aliphatic heterocycles. The van der Waals surface area contributed by atoms with Crippen molar-refractivity contribution >= 4 is 0 Å². The molecule has 0 saturated carbocycles. The third-order valence-corrected chi connectivity index (χ3v) is 4.88. The third kappa shape index (κ3) is 4.06. The predicted molar refractivity (Wildman–Crippen MR) is 90.6 cm³/mol. The zero-order chi connectivity index (χ0) is 15.5. The van der Waals surface area contributed by atoms with Gasteiger partial charge in [-0.3, -0.25) is 4.90 Å². The fourth-order valence-corrected chi connectivity index (χ4v) is 3.59. The molecule has 21 heavy (non-hydrogen) atoms. The SMILES string of the molecule is CNC(c1ccccc1)C(C)(C)CN1CCN(C)C(C)C1. The van der Waals surface area contributed by atoms with Gasteiger partial charge in [0, 0.05) is 38.3 Å². The predicted octanol–water partition coefficient (Wildman–Crippen LogP) is 2.61. The Hall–Kier alpha value is -0.900. The number of hydrogen-bond acceptors (Lipinski definition) is 3. The summed E-state index contributed by atoms with van der Waals surface area (Å²) in [5.41, 5.74) is 1.58. The maximum Gasteiger partial charge on any atom is 0.0381 e. The molecule has 0 amide bonds. The molecule has 1 aromatic carbocycles. The summed E-state index contributed by atoms with van der Waals surface area (Å²) in [7, 11) is 4.31. The highest BCUT2D eigenvalue weighted by atomic mass is 15.3. The number of hydrogen-bond donors (Lipinski definition) is 1. The first-order valence-corrected chi connectivity index (χ1v) is 8.09. The summed E-state index contributed by atoms with van der Waals surface area (Å²) >= 11 is 0. The van der Waals surface area contributed by atoms with E-state index in [1.54, 1.807) is 0 Å². The minimum Gasteiger partial charge on any atom is -0.313 e. The molecule has 118 valence electrons. The average molecular weight is 289 g/mol. The molecule has 1 fully saturated rings. The molecule has 1 heterocycles. The number of likely N-dealkylation sites (N-methyl/N-ethyl adjacent to an activating group) is 1. The minimum atomic E-state index is 0.200. The van der Waals surface area contributed by atoms with Crippen LogP contribution < -0.4 is 5.32 Å². The fourth-order valence-electron chi connectivity index (χ4n) is 3.59. The third-order valence-electron chi connectivity index (χ3n) is 4.88. The monoisotopic (exact) mass is 289 g/mol. The van der Waals surface area contributed by atoms with E-state index >= 15 is 0 Å². The molecule has 2 unspecified atom stereocenters. The highest BCUT2D eigenvalue weighted by Crippen LogP contribution is 2.34. The van der Waals surface area contributed by atoms with Gasteiger partial charge in [-0.05, 0) is 32.0 Å². The molecule has 0 aliphatic carbocycles. The van der Waals surface area contributed by atoms with Crippen molar-refractivity contribution in [3.63, 3.8) is 0 Å². The Morgan fingerprint density at radius 3 is 2.48 bits per heavy atom. The number of benzene rings is 1. The average Bonchev–Trinajstić information content (AvgIpc) is 2.44. The standard InChI is InChI=1S/C18H31N3/c1-15-13-21(12-11-20(15)5)14-18(2,3)17(19-4)16-9-7-6-8-10-16/h6-10,15,17,19H,11-14H2,1-5H3. The highest BCUT2D eigenvalue weighted by Gasteiger charge is 2.33. The Labute approximate surface area is 130 Å². The van der Waals surface area contributed by atoms with Crippen molar-refractivity contribution < 1.29 is 0 Å². The molecule has 0 spiro atoms. The Bertz CT molecular complexity index is 429. The summed E-state index contributed by atoms with van der Waals surface area (Å²) in [6.45, 7) is 11.7. The zero-order valence-electron chi connectivity index (χ0n) is 14.3. The first-order valence-electron chi connectivity index (χ1n) is 8.09. The van der Waals surface area contributed by atoms with Gasteiger partial charge in [0.2, 0.25) is 0 Å². The van der Waals surface area contributed by atoms with Crippen LogP contribution in [0.3, 0.4) is 0 Å². The fraction of sp³-hybridized carbons (Fsp3) is 0.667. The maximum atomic E-state index is 3.53. The molecule has 0 bridgehead atoms. The molecule has 3 heteroatoms. The zero-order valence-corrected chi connectivity index (χ0v) is 14.3. The largest absolute Gasteiger partial charge is 0.313 e. The number of rotatable bonds is 5. The molecule has 0 radical (unpaired) electrons. The van der Waals surface area contributed by atoms with E-state index in [1.807, 2.05) is 0 Å². The van der Waals surface area contributed by atoms with Crippen molar-refractivity contribution in [3.8, 4) is 0 Å². The quantitative estimate of drug-likeness (QED) is 0.899. The van der Waals surface area contributed by atoms with Crippen LogP contribution in [0.25, 0.3) is 0 Å². The lowest BCUT2D eigenvalue weighted by Gasteiger charge is -2.43. The molecule has 3 nitrogen and oxygen atoms in total. The van der Waals surface area contributed by atoms with Crippen LogP contribution in [0.5, 0.6) is 0 Å². The molecule has 2 rings (SSSR count). The van der Waals surface area contributed by atoms with Crippen LogP contribution in [0, 0.1) is 5.41 Å². The Morgan fingerprint density at radius 1 is 1.24 bits per heavy atom. The van der Waals surface area contributed by atoms with Gasteiger partial charge in [-0.25, -0.2) is 0 Å². The second kappa shape index (κ2) is 6.91. The molecule has 0 aromatic heterocycles. The Kier molecular flexibility index (Phi) is 5.42. The molecule has 1 aromatic rings. The Balaban J connectivity index is 2.06. The molecule has 2 atom stereocenters. The summed E-state index contributed by atoms with van der Waals surface area (Å²) in [4.78, 5) is 5.08. The van der Waals surface area contributed by atoms with Crippen molar-refractivity contribution in [2.75, 3.05) is 40.3 Å².